The van der Waals surface area contributed by atoms with Crippen LogP contribution in [-0.2, 0) is 13.1 Å². The van der Waals surface area contributed by atoms with Crippen molar-refractivity contribution < 1.29 is 0 Å². The number of allylic oxidation sites excluding steroid dienone is 3. The first kappa shape index (κ1) is 20.9. The Kier molecular flexibility index (Phi) is 6.13. The topological polar surface area (TPSA) is 59.0 Å². The number of nitrogens with one attached hydrogen (secondary N) is 2. The van der Waals surface area contributed by atoms with Gasteiger partial charge < -0.3 is 10.6 Å². The van der Waals surface area contributed by atoms with Crippen LogP contribution in [-0.4, -0.2) is 9.55 Å². The van der Waals surface area contributed by atoms with Gasteiger partial charge in [0.25, 0.3) is 0 Å². The van der Waals surface area contributed by atoms with Gasteiger partial charge in [0.05, 0.1) is 10.9 Å². The van der Waals surface area contributed by atoms with Crippen LogP contribution in [0.2, 0.25) is 0 Å². The lowest BCUT2D eigenvalue weighted by atomic mass is 10.1. The number of anilines is 1. The van der Waals surface area contributed by atoms with E-state index in [9.17, 15) is 4.79 Å². The van der Waals surface area contributed by atoms with Crippen LogP contribution in [0.1, 0.15) is 24.0 Å². The van der Waals surface area contributed by atoms with Crippen molar-refractivity contribution in [2.24, 2.45) is 0 Å². The number of nitrogens with zero attached hydrogens (tertiary/aromatic N) is 2. The molecule has 5 nitrogen and oxygen atoms in total. The Labute approximate surface area is 193 Å². The Bertz CT molecular complexity index is 1370. The summed E-state index contributed by atoms with van der Waals surface area (Å²) in [7, 11) is 0. The molecule has 164 valence electrons. The Morgan fingerprint density at radius 1 is 0.909 bits per heavy atom. The maximum atomic E-state index is 13.1. The molecule has 0 unspecified atom stereocenters. The normalized spacial score (nSPS) is 13.2. The molecule has 0 saturated heterocycles. The number of pyridine rings is 2. The van der Waals surface area contributed by atoms with Crippen molar-refractivity contribution >= 4 is 16.7 Å². The van der Waals surface area contributed by atoms with Crippen LogP contribution in [0.4, 0.5) is 5.82 Å². The number of para-hydroxylation sites is 1. The molecule has 2 heterocycles. The molecule has 0 saturated carbocycles. The van der Waals surface area contributed by atoms with Crippen LogP contribution in [0.5, 0.6) is 0 Å². The summed E-state index contributed by atoms with van der Waals surface area (Å²) in [5.74, 6) is 0.743. The molecule has 2 aromatic heterocycles. The fourth-order valence-corrected chi connectivity index (χ4v) is 4.19. The molecule has 0 radical (unpaired) electrons. The van der Waals surface area contributed by atoms with Gasteiger partial charge in [-0.05, 0) is 36.6 Å². The highest BCUT2D eigenvalue weighted by Crippen LogP contribution is 2.26. The van der Waals surface area contributed by atoms with E-state index < -0.39 is 0 Å². The van der Waals surface area contributed by atoms with Gasteiger partial charge in [0.1, 0.15) is 5.82 Å². The average Bonchev–Trinajstić information content (AvgIpc) is 2.86. The van der Waals surface area contributed by atoms with Gasteiger partial charge in [-0.15, -0.1) is 0 Å². The number of hydrogen-bond acceptors (Lipinski definition) is 4. The minimum atomic E-state index is -0.0440. The highest BCUT2D eigenvalue weighted by Gasteiger charge is 2.15. The maximum Gasteiger partial charge on any atom is 0.193 e. The van der Waals surface area contributed by atoms with Crippen molar-refractivity contribution in [3.63, 3.8) is 0 Å². The maximum absolute atomic E-state index is 13.1. The average molecular weight is 435 g/mol. The second kappa shape index (κ2) is 9.67. The van der Waals surface area contributed by atoms with Crippen molar-refractivity contribution in [3.05, 3.63) is 124 Å². The van der Waals surface area contributed by atoms with Crippen molar-refractivity contribution in [2.75, 3.05) is 5.32 Å². The fourth-order valence-electron chi connectivity index (χ4n) is 4.19. The summed E-state index contributed by atoms with van der Waals surface area (Å²) in [6.45, 7) is 1.33. The number of aromatic nitrogens is 2. The van der Waals surface area contributed by atoms with Crippen molar-refractivity contribution in [2.45, 2.75) is 25.9 Å². The van der Waals surface area contributed by atoms with Crippen molar-refractivity contribution in [1.29, 1.82) is 0 Å². The summed E-state index contributed by atoms with van der Waals surface area (Å²) >= 11 is 0. The second-order valence-corrected chi connectivity index (χ2v) is 8.11. The van der Waals surface area contributed by atoms with E-state index in [4.69, 9.17) is 0 Å². The summed E-state index contributed by atoms with van der Waals surface area (Å²) < 4.78 is 2.13. The van der Waals surface area contributed by atoms with E-state index in [2.05, 4.69) is 62.7 Å². The van der Waals surface area contributed by atoms with E-state index in [0.717, 1.165) is 47.7 Å². The van der Waals surface area contributed by atoms with E-state index >= 15 is 0 Å². The van der Waals surface area contributed by atoms with E-state index in [1.54, 1.807) is 12.3 Å². The Balaban J connectivity index is 1.61. The molecule has 2 aromatic carbocycles. The predicted octanol–water partition coefficient (Wildman–Crippen LogP) is 5.32. The van der Waals surface area contributed by atoms with Crippen LogP contribution in [0, 0.1) is 0 Å². The zero-order chi connectivity index (χ0) is 22.5. The summed E-state index contributed by atoms with van der Waals surface area (Å²) in [6, 6.07) is 22.1. The highest BCUT2D eigenvalue weighted by atomic mass is 16.1. The van der Waals surface area contributed by atoms with Gasteiger partial charge in [-0.3, -0.25) is 14.3 Å². The van der Waals surface area contributed by atoms with Gasteiger partial charge in [-0.2, -0.15) is 0 Å². The molecule has 0 aliphatic heterocycles. The predicted molar refractivity (Wildman–Crippen MR) is 134 cm³/mol. The van der Waals surface area contributed by atoms with Crippen LogP contribution >= 0.6 is 0 Å². The Hall–Kier alpha value is -3.96. The van der Waals surface area contributed by atoms with Gasteiger partial charge in [-0.25, -0.2) is 0 Å². The molecule has 0 spiro atoms. The molecule has 0 amide bonds. The third kappa shape index (κ3) is 4.64. The molecule has 4 aromatic rings. The van der Waals surface area contributed by atoms with Gasteiger partial charge >= 0.3 is 0 Å². The van der Waals surface area contributed by atoms with E-state index in [1.165, 1.54) is 5.56 Å². The highest BCUT2D eigenvalue weighted by molar-refractivity contribution is 5.85. The first-order valence-corrected chi connectivity index (χ1v) is 11.3. The van der Waals surface area contributed by atoms with Crippen LogP contribution in [0.3, 0.4) is 0 Å². The van der Waals surface area contributed by atoms with Crippen molar-refractivity contribution in [1.82, 2.24) is 14.9 Å². The standard InChI is InChI=1S/C28H26N4O/c33-26-16-27(31-23-12-6-2-7-13-23)32(24-14-8-3-9-15-24)28-22(19-30-20-25(26)28)18-29-17-21-10-4-1-5-11-21/h1,3-6,8-16,19-20,29,31H,2,7,17-18H2. The lowest BCUT2D eigenvalue weighted by Crippen LogP contribution is -2.18. The van der Waals surface area contributed by atoms with Gasteiger partial charge in [0.2, 0.25) is 0 Å². The van der Waals surface area contributed by atoms with E-state index in [-0.39, 0.29) is 5.43 Å². The molecule has 1 aliphatic carbocycles. The Morgan fingerprint density at radius 2 is 1.70 bits per heavy atom. The second-order valence-electron chi connectivity index (χ2n) is 8.11. The van der Waals surface area contributed by atoms with Crippen LogP contribution < -0.4 is 16.1 Å². The summed E-state index contributed by atoms with van der Waals surface area (Å²) in [5, 5.41) is 7.61. The Morgan fingerprint density at radius 3 is 2.45 bits per heavy atom. The quantitative estimate of drug-likeness (QED) is 0.413. The molecule has 5 heteroatoms. The smallest absolute Gasteiger partial charge is 0.193 e. The minimum absolute atomic E-state index is 0.0440. The summed E-state index contributed by atoms with van der Waals surface area (Å²) in [4.78, 5) is 17.5. The molecule has 0 bridgehead atoms. The van der Waals surface area contributed by atoms with Gasteiger partial charge in [0.15, 0.2) is 5.43 Å². The van der Waals surface area contributed by atoms with E-state index in [0.29, 0.717) is 11.9 Å². The molecule has 2 N–H and O–H groups in total. The molecule has 33 heavy (non-hydrogen) atoms. The summed E-state index contributed by atoms with van der Waals surface area (Å²) in [6.07, 6.45) is 11.9. The lowest BCUT2D eigenvalue weighted by Gasteiger charge is -2.21. The summed E-state index contributed by atoms with van der Waals surface area (Å²) in [5.41, 5.74) is 5.00. The minimum Gasteiger partial charge on any atom is -0.342 e. The largest absolute Gasteiger partial charge is 0.342 e. The van der Waals surface area contributed by atoms with Gasteiger partial charge in [-0.1, -0.05) is 60.7 Å². The molecule has 1 aliphatic rings. The lowest BCUT2D eigenvalue weighted by molar-refractivity contribution is 0.693. The number of fused-ring (bicyclic) bond motifs is 1. The molecule has 0 atom stereocenters. The number of hydrogen-bond donors (Lipinski definition) is 2. The molecule has 5 rings (SSSR count). The monoisotopic (exact) mass is 434 g/mol. The zero-order valence-electron chi connectivity index (χ0n) is 18.4. The first-order chi connectivity index (χ1) is 16.3. The first-order valence-electron chi connectivity index (χ1n) is 11.3. The molecular weight excluding hydrogens is 408 g/mol. The SMILES string of the molecule is O=c1cc(NC2=CCCC=C2)n(-c2ccccc2)c2c(CNCc3ccccc3)cncc12. The van der Waals surface area contributed by atoms with Crippen LogP contribution in [0.15, 0.2) is 108 Å². The molecule has 0 fully saturated rings. The molecular formula is C28H26N4O. The van der Waals surface area contributed by atoms with Crippen molar-refractivity contribution in [3.8, 4) is 5.69 Å². The number of benzene rings is 2. The number of rotatable bonds is 7. The van der Waals surface area contributed by atoms with Crippen LogP contribution in [0.25, 0.3) is 16.6 Å². The van der Waals surface area contributed by atoms with Gasteiger partial charge in [0, 0.05) is 48.5 Å². The zero-order valence-corrected chi connectivity index (χ0v) is 18.4. The third-order valence-electron chi connectivity index (χ3n) is 5.76. The fraction of sp³-hybridized carbons (Fsp3) is 0.143. The third-order valence-corrected chi connectivity index (χ3v) is 5.76. The van der Waals surface area contributed by atoms with E-state index in [1.807, 2.05) is 42.6 Å².